The number of benzene rings is 1. The number of amides is 1. The van der Waals surface area contributed by atoms with Crippen molar-refractivity contribution < 1.29 is 23.1 Å². The van der Waals surface area contributed by atoms with Crippen molar-refractivity contribution in [3.05, 3.63) is 65.1 Å². The van der Waals surface area contributed by atoms with Crippen molar-refractivity contribution in [3.8, 4) is 0 Å². The van der Waals surface area contributed by atoms with E-state index < -0.39 is 23.4 Å². The number of hydrogen-bond donors (Lipinski definition) is 1. The van der Waals surface area contributed by atoms with Gasteiger partial charge in [0.25, 0.3) is 5.91 Å². The van der Waals surface area contributed by atoms with Gasteiger partial charge in [0.05, 0.1) is 12.7 Å². The van der Waals surface area contributed by atoms with Crippen LogP contribution in [0.3, 0.4) is 0 Å². The summed E-state index contributed by atoms with van der Waals surface area (Å²) in [5, 5.41) is 14.6. The number of aryl methyl sites for hydroxylation is 1. The first-order valence-corrected chi connectivity index (χ1v) is 8.69. The van der Waals surface area contributed by atoms with E-state index in [0.717, 1.165) is 12.3 Å². The third kappa shape index (κ3) is 3.01. The van der Waals surface area contributed by atoms with E-state index in [2.05, 4.69) is 10.1 Å². The number of β-amino-alcohol motifs (C(OH)–C–C–N with tert-alkyl or cyclic N) is 1. The van der Waals surface area contributed by atoms with Gasteiger partial charge in [0.1, 0.15) is 16.9 Å². The highest BCUT2D eigenvalue weighted by molar-refractivity contribution is 6.00. The van der Waals surface area contributed by atoms with Crippen LogP contribution >= 0.6 is 0 Å². The minimum absolute atomic E-state index is 0.0217. The van der Waals surface area contributed by atoms with Crippen molar-refractivity contribution in [1.82, 2.24) is 19.5 Å². The number of alkyl halides is 3. The highest BCUT2D eigenvalue weighted by Gasteiger charge is 2.41. The molecule has 0 saturated carbocycles. The summed E-state index contributed by atoms with van der Waals surface area (Å²) in [6, 6.07) is 9.88. The molecule has 4 rings (SSSR count). The third-order valence-electron chi connectivity index (χ3n) is 4.97. The van der Waals surface area contributed by atoms with Crippen molar-refractivity contribution in [2.45, 2.75) is 25.1 Å². The Kier molecular flexibility index (Phi) is 4.15. The van der Waals surface area contributed by atoms with Gasteiger partial charge in [-0.1, -0.05) is 30.3 Å². The molecule has 1 aliphatic rings. The monoisotopic (exact) mass is 390 g/mol. The Morgan fingerprint density at radius 1 is 1.25 bits per heavy atom. The van der Waals surface area contributed by atoms with E-state index in [1.807, 2.05) is 6.07 Å². The standard InChI is InChI=1S/C19H17F3N4O2/c1-12-9-15(19(20,21)22)26-16(24-12)14(10-23-26)17(27)25-8-7-18(28,11-25)13-5-3-2-4-6-13/h2-6,9-10,28H,7-8,11H2,1H3/t18-/m0/s1. The lowest BCUT2D eigenvalue weighted by molar-refractivity contribution is -0.142. The van der Waals surface area contributed by atoms with Crippen molar-refractivity contribution in [2.75, 3.05) is 13.1 Å². The van der Waals surface area contributed by atoms with Crippen LogP contribution in [0.1, 0.15) is 33.7 Å². The fourth-order valence-electron chi connectivity index (χ4n) is 3.56. The second-order valence-corrected chi connectivity index (χ2v) is 6.95. The van der Waals surface area contributed by atoms with Gasteiger partial charge in [-0.3, -0.25) is 4.79 Å². The van der Waals surface area contributed by atoms with Crippen molar-refractivity contribution in [3.63, 3.8) is 0 Å². The normalized spacial score (nSPS) is 20.1. The van der Waals surface area contributed by atoms with Crippen LogP contribution in [0.15, 0.2) is 42.6 Å². The first-order valence-electron chi connectivity index (χ1n) is 8.69. The molecule has 9 heteroatoms. The molecule has 1 saturated heterocycles. The molecular weight excluding hydrogens is 373 g/mol. The van der Waals surface area contributed by atoms with Gasteiger partial charge in [-0.25, -0.2) is 9.50 Å². The molecule has 0 bridgehead atoms. The summed E-state index contributed by atoms with van der Waals surface area (Å²) in [4.78, 5) is 18.5. The van der Waals surface area contributed by atoms with Crippen LogP contribution in [-0.2, 0) is 11.8 Å². The Balaban J connectivity index is 1.68. The third-order valence-corrected chi connectivity index (χ3v) is 4.97. The fraction of sp³-hybridized carbons (Fsp3) is 0.316. The van der Waals surface area contributed by atoms with E-state index in [9.17, 15) is 23.1 Å². The van der Waals surface area contributed by atoms with Crippen LogP contribution in [0.2, 0.25) is 0 Å². The molecule has 1 N–H and O–H groups in total. The van der Waals surface area contributed by atoms with E-state index in [4.69, 9.17) is 0 Å². The largest absolute Gasteiger partial charge is 0.433 e. The molecule has 6 nitrogen and oxygen atoms in total. The molecule has 0 radical (unpaired) electrons. The maximum absolute atomic E-state index is 13.3. The topological polar surface area (TPSA) is 70.7 Å². The predicted octanol–water partition coefficient (Wildman–Crippen LogP) is 2.79. The Hall–Kier alpha value is -2.94. The van der Waals surface area contributed by atoms with Gasteiger partial charge in [-0.15, -0.1) is 0 Å². The van der Waals surface area contributed by atoms with Gasteiger partial charge < -0.3 is 10.0 Å². The molecule has 0 spiro atoms. The molecule has 1 amide bonds. The van der Waals surface area contributed by atoms with Crippen LogP contribution in [0, 0.1) is 6.92 Å². The smallest absolute Gasteiger partial charge is 0.383 e. The number of halogens is 3. The minimum atomic E-state index is -4.63. The molecule has 2 aromatic heterocycles. The second kappa shape index (κ2) is 6.30. The Morgan fingerprint density at radius 3 is 2.64 bits per heavy atom. The molecule has 28 heavy (non-hydrogen) atoms. The van der Waals surface area contributed by atoms with Crippen LogP contribution in [0.25, 0.3) is 5.65 Å². The first kappa shape index (κ1) is 18.4. The quantitative estimate of drug-likeness (QED) is 0.731. The van der Waals surface area contributed by atoms with Gasteiger partial charge >= 0.3 is 6.18 Å². The zero-order chi connectivity index (χ0) is 20.1. The van der Waals surface area contributed by atoms with Gasteiger partial charge in [0.2, 0.25) is 0 Å². The fourth-order valence-corrected chi connectivity index (χ4v) is 3.56. The van der Waals surface area contributed by atoms with E-state index in [1.165, 1.54) is 11.8 Å². The van der Waals surface area contributed by atoms with Crippen molar-refractivity contribution >= 4 is 11.6 Å². The van der Waals surface area contributed by atoms with Gasteiger partial charge in [0.15, 0.2) is 5.65 Å². The zero-order valence-corrected chi connectivity index (χ0v) is 14.9. The molecule has 1 aliphatic heterocycles. The Bertz CT molecular complexity index is 1050. The molecule has 3 heterocycles. The summed E-state index contributed by atoms with van der Waals surface area (Å²) in [5.74, 6) is -0.506. The molecule has 1 fully saturated rings. The molecule has 0 aliphatic carbocycles. The SMILES string of the molecule is Cc1cc(C(F)(F)F)n2ncc(C(=O)N3CC[C@@](O)(c4ccccc4)C3)c2n1. The number of nitrogens with zero attached hydrogens (tertiary/aromatic N) is 4. The van der Waals surface area contributed by atoms with Gasteiger partial charge in [-0.05, 0) is 25.0 Å². The number of rotatable bonds is 2. The van der Waals surface area contributed by atoms with E-state index in [1.54, 1.807) is 24.3 Å². The van der Waals surface area contributed by atoms with Crippen LogP contribution < -0.4 is 0 Å². The van der Waals surface area contributed by atoms with Crippen LogP contribution in [0.5, 0.6) is 0 Å². The van der Waals surface area contributed by atoms with Crippen molar-refractivity contribution in [1.29, 1.82) is 0 Å². The average molecular weight is 390 g/mol. The zero-order valence-electron chi connectivity index (χ0n) is 14.9. The number of carbonyl (C=O) groups is 1. The number of likely N-dealkylation sites (tertiary alicyclic amines) is 1. The number of aromatic nitrogens is 3. The highest BCUT2D eigenvalue weighted by atomic mass is 19.4. The van der Waals surface area contributed by atoms with Gasteiger partial charge in [0, 0.05) is 12.2 Å². The van der Waals surface area contributed by atoms with E-state index in [-0.39, 0.29) is 30.0 Å². The second-order valence-electron chi connectivity index (χ2n) is 6.95. The van der Waals surface area contributed by atoms with Crippen LogP contribution in [0.4, 0.5) is 13.2 Å². The average Bonchev–Trinajstić information content (AvgIpc) is 3.25. The molecule has 1 aromatic carbocycles. The van der Waals surface area contributed by atoms with Crippen LogP contribution in [-0.4, -0.2) is 43.6 Å². The summed E-state index contributed by atoms with van der Waals surface area (Å²) in [6.07, 6.45) is -3.19. The summed E-state index contributed by atoms with van der Waals surface area (Å²) in [5.41, 5.74) is -1.52. The molecule has 3 aromatic rings. The first-order chi connectivity index (χ1) is 13.2. The number of carbonyl (C=O) groups excluding carboxylic acids is 1. The molecular formula is C19H17F3N4O2. The summed E-state index contributed by atoms with van der Waals surface area (Å²) in [6.45, 7) is 1.76. The van der Waals surface area contributed by atoms with Crippen molar-refractivity contribution in [2.24, 2.45) is 0 Å². The number of aliphatic hydroxyl groups is 1. The Labute approximate surface area is 158 Å². The maximum atomic E-state index is 13.3. The summed E-state index contributed by atoms with van der Waals surface area (Å²) < 4.78 is 40.5. The lowest BCUT2D eigenvalue weighted by Gasteiger charge is -2.23. The Morgan fingerprint density at radius 2 is 1.96 bits per heavy atom. The van der Waals surface area contributed by atoms with Gasteiger partial charge in [-0.2, -0.15) is 18.3 Å². The highest BCUT2D eigenvalue weighted by Crippen LogP contribution is 2.34. The lowest BCUT2D eigenvalue weighted by atomic mass is 9.93. The maximum Gasteiger partial charge on any atom is 0.433 e. The van der Waals surface area contributed by atoms with E-state index >= 15 is 0 Å². The molecule has 146 valence electrons. The molecule has 0 unspecified atom stereocenters. The predicted molar refractivity (Wildman–Crippen MR) is 93.6 cm³/mol. The number of fused-ring (bicyclic) bond motifs is 1. The summed E-state index contributed by atoms with van der Waals surface area (Å²) in [7, 11) is 0. The number of hydrogen-bond acceptors (Lipinski definition) is 4. The van der Waals surface area contributed by atoms with E-state index in [0.29, 0.717) is 16.5 Å². The molecule has 1 atom stereocenters. The lowest BCUT2D eigenvalue weighted by Crippen LogP contribution is -2.34. The minimum Gasteiger partial charge on any atom is -0.383 e. The summed E-state index contributed by atoms with van der Waals surface area (Å²) >= 11 is 0.